The highest BCUT2D eigenvalue weighted by Crippen LogP contribution is 2.10. The van der Waals surface area contributed by atoms with Gasteiger partial charge in [-0.15, -0.1) is 0 Å². The van der Waals surface area contributed by atoms with Crippen LogP contribution in [-0.2, 0) is 22.6 Å². The monoisotopic (exact) mass is 349 g/mol. The van der Waals surface area contributed by atoms with Gasteiger partial charge in [0.25, 0.3) is 0 Å². The average molecular weight is 349 g/mol. The molecule has 0 spiro atoms. The molecule has 1 aromatic rings. The molecule has 2 N–H and O–H groups in total. The lowest BCUT2D eigenvalue weighted by Gasteiger charge is -2.31. The zero-order chi connectivity index (χ0) is 17.3. The number of rotatable bonds is 2. The second-order valence-corrected chi connectivity index (χ2v) is 6.72. The van der Waals surface area contributed by atoms with E-state index in [1.807, 2.05) is 0 Å². The number of hydrogen-bond donors (Lipinski definition) is 1. The molecule has 7 nitrogen and oxygen atoms in total. The number of nitrogens with two attached hydrogens (primary N) is 1. The van der Waals surface area contributed by atoms with Gasteiger partial charge in [0, 0.05) is 52.4 Å². The number of nitrogens with zero attached hydrogens (tertiary/aromatic N) is 4. The van der Waals surface area contributed by atoms with Crippen molar-refractivity contribution in [2.24, 2.45) is 5.73 Å². The summed E-state index contributed by atoms with van der Waals surface area (Å²) in [6.07, 6.45) is 0. The second kappa shape index (κ2) is 10.2. The van der Waals surface area contributed by atoms with Crippen LogP contribution in [0.15, 0.2) is 18.2 Å². The van der Waals surface area contributed by atoms with E-state index < -0.39 is 0 Å². The largest absolute Gasteiger partial charge is 0.378 e. The minimum atomic E-state index is 0.659. The third-order valence-electron chi connectivity index (χ3n) is 4.69. The molecule has 0 aromatic carbocycles. The number of ether oxygens (including phenoxy) is 2. The molecule has 2 aliphatic heterocycles. The molecule has 0 amide bonds. The van der Waals surface area contributed by atoms with Crippen molar-refractivity contribution in [2.45, 2.75) is 13.1 Å². The highest BCUT2D eigenvalue weighted by molar-refractivity contribution is 5.11. The van der Waals surface area contributed by atoms with Crippen LogP contribution in [0.25, 0.3) is 0 Å². The maximum Gasteiger partial charge on any atom is 0.0701 e. The van der Waals surface area contributed by atoms with Gasteiger partial charge in [-0.2, -0.15) is 0 Å². The average Bonchev–Trinajstić information content (AvgIpc) is 2.62. The van der Waals surface area contributed by atoms with Gasteiger partial charge in [0.2, 0.25) is 0 Å². The molecule has 2 aliphatic rings. The quantitative estimate of drug-likeness (QED) is 0.804. The maximum atomic E-state index is 5.84. The Hall–Kier alpha value is -1.09. The summed E-state index contributed by atoms with van der Waals surface area (Å²) in [6.45, 7) is 10.8. The molecular weight excluding hydrogens is 318 g/mol. The van der Waals surface area contributed by atoms with E-state index in [9.17, 15) is 0 Å². The van der Waals surface area contributed by atoms with Crippen LogP contribution < -0.4 is 5.73 Å². The molecule has 3 heterocycles. The van der Waals surface area contributed by atoms with Gasteiger partial charge in [-0.05, 0) is 12.1 Å². The maximum absolute atomic E-state index is 5.84. The first-order chi connectivity index (χ1) is 12.3. The molecule has 0 saturated carbocycles. The Morgan fingerprint density at radius 1 is 0.880 bits per heavy atom. The minimum Gasteiger partial charge on any atom is -0.378 e. The van der Waals surface area contributed by atoms with Crippen LogP contribution in [0.3, 0.4) is 0 Å². The molecule has 2 unspecified atom stereocenters. The van der Waals surface area contributed by atoms with Crippen LogP contribution in [-0.4, -0.2) is 92.0 Å². The Labute approximate surface area is 150 Å². The zero-order valence-corrected chi connectivity index (χ0v) is 15.1. The SMILES string of the molecule is NCCN1CCN2CCOCCOCCN(Cc3cccc(n3)C2)C1. The van der Waals surface area contributed by atoms with Gasteiger partial charge in [0.05, 0.1) is 44.5 Å². The Bertz CT molecular complexity index is 516. The molecule has 0 radical (unpaired) electrons. The van der Waals surface area contributed by atoms with E-state index >= 15 is 0 Å². The van der Waals surface area contributed by atoms with Crippen LogP contribution in [0.5, 0.6) is 0 Å². The molecule has 0 aliphatic carbocycles. The summed E-state index contributed by atoms with van der Waals surface area (Å²) >= 11 is 0. The first kappa shape index (κ1) is 18.7. The number of pyridine rings is 1. The van der Waals surface area contributed by atoms with Crippen molar-refractivity contribution in [3.05, 3.63) is 29.6 Å². The van der Waals surface area contributed by atoms with Crippen LogP contribution in [0, 0.1) is 0 Å². The Morgan fingerprint density at radius 2 is 1.56 bits per heavy atom. The second-order valence-electron chi connectivity index (χ2n) is 6.72. The normalized spacial score (nSPS) is 27.1. The van der Waals surface area contributed by atoms with Gasteiger partial charge < -0.3 is 15.2 Å². The van der Waals surface area contributed by atoms with Crippen LogP contribution in [0.2, 0.25) is 0 Å². The van der Waals surface area contributed by atoms with Crippen molar-refractivity contribution in [3.8, 4) is 0 Å². The zero-order valence-electron chi connectivity index (χ0n) is 15.1. The molecule has 2 atom stereocenters. The first-order valence-corrected chi connectivity index (χ1v) is 9.31. The highest BCUT2D eigenvalue weighted by Gasteiger charge is 2.17. The van der Waals surface area contributed by atoms with Crippen molar-refractivity contribution in [2.75, 3.05) is 72.4 Å². The van der Waals surface area contributed by atoms with E-state index in [2.05, 4.69) is 32.9 Å². The first-order valence-electron chi connectivity index (χ1n) is 9.31. The van der Waals surface area contributed by atoms with E-state index in [0.29, 0.717) is 26.4 Å². The van der Waals surface area contributed by atoms with E-state index in [1.54, 1.807) is 0 Å². The van der Waals surface area contributed by atoms with E-state index in [1.165, 1.54) is 0 Å². The summed E-state index contributed by atoms with van der Waals surface area (Å²) in [5.74, 6) is 0. The predicted molar refractivity (Wildman–Crippen MR) is 97.1 cm³/mol. The number of fused-ring (bicyclic) bond motifs is 7. The molecule has 4 bridgehead atoms. The Morgan fingerprint density at radius 3 is 2.28 bits per heavy atom. The fourth-order valence-corrected chi connectivity index (χ4v) is 3.34. The van der Waals surface area contributed by atoms with E-state index in [-0.39, 0.29) is 0 Å². The Kier molecular flexibility index (Phi) is 7.59. The molecule has 25 heavy (non-hydrogen) atoms. The van der Waals surface area contributed by atoms with Gasteiger partial charge in [-0.3, -0.25) is 19.7 Å². The van der Waals surface area contributed by atoms with Crippen molar-refractivity contribution >= 4 is 0 Å². The van der Waals surface area contributed by atoms with Crippen LogP contribution >= 0.6 is 0 Å². The minimum absolute atomic E-state index is 0.659. The highest BCUT2D eigenvalue weighted by atomic mass is 16.5. The van der Waals surface area contributed by atoms with Gasteiger partial charge in [0.15, 0.2) is 0 Å². The van der Waals surface area contributed by atoms with Crippen molar-refractivity contribution in [1.82, 2.24) is 19.7 Å². The molecule has 1 saturated heterocycles. The lowest BCUT2D eigenvalue weighted by Crippen LogP contribution is -2.44. The number of hydrogen-bond acceptors (Lipinski definition) is 7. The summed E-state index contributed by atoms with van der Waals surface area (Å²) in [6, 6.07) is 6.36. The van der Waals surface area contributed by atoms with Crippen molar-refractivity contribution in [3.63, 3.8) is 0 Å². The standard InChI is InChI=1S/C18H31N5O2/c19-4-5-22-7-6-21-8-10-24-12-13-25-11-9-23(16-22)15-18-3-1-2-17(14-21)20-18/h1-3H,4-16,19H2. The molecule has 7 heteroatoms. The lowest BCUT2D eigenvalue weighted by atomic mass is 10.2. The molecule has 3 rings (SSSR count). The molecule has 1 aromatic heterocycles. The fraction of sp³-hybridized carbons (Fsp3) is 0.722. The summed E-state index contributed by atoms with van der Waals surface area (Å²) in [7, 11) is 0. The third-order valence-corrected chi connectivity index (χ3v) is 4.69. The Balaban J connectivity index is 1.82. The van der Waals surface area contributed by atoms with Gasteiger partial charge in [-0.1, -0.05) is 6.07 Å². The summed E-state index contributed by atoms with van der Waals surface area (Å²) in [5.41, 5.74) is 8.10. The lowest BCUT2D eigenvalue weighted by molar-refractivity contribution is 0.0150. The van der Waals surface area contributed by atoms with Gasteiger partial charge in [0.1, 0.15) is 0 Å². The fourth-order valence-electron chi connectivity index (χ4n) is 3.34. The molecule has 140 valence electrons. The summed E-state index contributed by atoms with van der Waals surface area (Å²) in [5, 5.41) is 0. The number of aromatic nitrogens is 1. The third kappa shape index (κ3) is 6.29. The van der Waals surface area contributed by atoms with Gasteiger partial charge in [-0.25, -0.2) is 0 Å². The topological polar surface area (TPSA) is 67.1 Å². The van der Waals surface area contributed by atoms with Crippen LogP contribution in [0.4, 0.5) is 0 Å². The summed E-state index contributed by atoms with van der Waals surface area (Å²) in [4.78, 5) is 12.1. The van der Waals surface area contributed by atoms with Crippen molar-refractivity contribution < 1.29 is 9.47 Å². The predicted octanol–water partition coefficient (Wildman–Crippen LogP) is -0.0358. The van der Waals surface area contributed by atoms with Gasteiger partial charge >= 0.3 is 0 Å². The van der Waals surface area contributed by atoms with E-state index in [4.69, 9.17) is 20.2 Å². The smallest absolute Gasteiger partial charge is 0.0701 e. The molecular formula is C18H31N5O2. The van der Waals surface area contributed by atoms with Crippen LogP contribution in [0.1, 0.15) is 11.4 Å². The summed E-state index contributed by atoms with van der Waals surface area (Å²) < 4.78 is 11.5. The molecule has 1 fully saturated rings. The van der Waals surface area contributed by atoms with E-state index in [0.717, 1.165) is 70.5 Å². The van der Waals surface area contributed by atoms with Crippen molar-refractivity contribution in [1.29, 1.82) is 0 Å².